The summed E-state index contributed by atoms with van der Waals surface area (Å²) in [6.07, 6.45) is 1.05. The fourth-order valence-corrected chi connectivity index (χ4v) is 2.10. The summed E-state index contributed by atoms with van der Waals surface area (Å²) in [5.74, 6) is 1.59. The maximum absolute atomic E-state index is 5.78. The highest BCUT2D eigenvalue weighted by Crippen LogP contribution is 2.26. The van der Waals surface area contributed by atoms with Crippen LogP contribution in [-0.4, -0.2) is 19.8 Å². The topological polar surface area (TPSA) is 30.5 Å². The van der Waals surface area contributed by atoms with Crippen LogP contribution in [0, 0.1) is 0 Å². The molecule has 2 aromatic rings. The first-order valence-corrected chi connectivity index (χ1v) is 7.51. The SMILES string of the molecule is CCOc1ccccc1OCCNc1cccc(CC)c1. The molecule has 0 aliphatic rings. The van der Waals surface area contributed by atoms with Crippen molar-refractivity contribution in [2.45, 2.75) is 20.3 Å². The second-order valence-electron chi connectivity index (χ2n) is 4.71. The van der Waals surface area contributed by atoms with Crippen LogP contribution < -0.4 is 14.8 Å². The summed E-state index contributed by atoms with van der Waals surface area (Å²) in [6.45, 7) is 6.13. The normalized spacial score (nSPS) is 10.2. The van der Waals surface area contributed by atoms with E-state index in [0.29, 0.717) is 13.2 Å². The van der Waals surface area contributed by atoms with Crippen molar-refractivity contribution in [1.29, 1.82) is 0 Å². The van der Waals surface area contributed by atoms with Crippen molar-refractivity contribution in [2.75, 3.05) is 25.1 Å². The van der Waals surface area contributed by atoms with Gasteiger partial charge in [0.15, 0.2) is 11.5 Å². The summed E-state index contributed by atoms with van der Waals surface area (Å²) < 4.78 is 11.3. The molecule has 0 saturated heterocycles. The van der Waals surface area contributed by atoms with Gasteiger partial charge in [0.1, 0.15) is 6.61 Å². The van der Waals surface area contributed by atoms with E-state index in [9.17, 15) is 0 Å². The molecule has 1 N–H and O–H groups in total. The molecule has 0 bridgehead atoms. The van der Waals surface area contributed by atoms with E-state index < -0.39 is 0 Å². The first-order chi connectivity index (χ1) is 10.3. The molecule has 0 aliphatic carbocycles. The second kappa shape index (κ2) is 8.20. The van der Waals surface area contributed by atoms with Crippen molar-refractivity contribution in [1.82, 2.24) is 0 Å². The molecule has 2 aromatic carbocycles. The lowest BCUT2D eigenvalue weighted by Crippen LogP contribution is -2.12. The van der Waals surface area contributed by atoms with Crippen LogP contribution in [-0.2, 0) is 6.42 Å². The second-order valence-corrected chi connectivity index (χ2v) is 4.71. The first kappa shape index (κ1) is 15.2. The van der Waals surface area contributed by atoms with Gasteiger partial charge in [-0.05, 0) is 43.2 Å². The zero-order chi connectivity index (χ0) is 14.9. The minimum absolute atomic E-state index is 0.598. The number of hydrogen-bond acceptors (Lipinski definition) is 3. The summed E-state index contributed by atoms with van der Waals surface area (Å²) in [5.41, 5.74) is 2.47. The highest BCUT2D eigenvalue weighted by molar-refractivity contribution is 5.45. The van der Waals surface area contributed by atoms with Gasteiger partial charge in [0.25, 0.3) is 0 Å². The van der Waals surface area contributed by atoms with Crippen molar-refractivity contribution in [3.05, 3.63) is 54.1 Å². The van der Waals surface area contributed by atoms with Crippen LogP contribution in [0.5, 0.6) is 11.5 Å². The fourth-order valence-electron chi connectivity index (χ4n) is 2.10. The zero-order valence-electron chi connectivity index (χ0n) is 12.8. The van der Waals surface area contributed by atoms with Gasteiger partial charge < -0.3 is 14.8 Å². The van der Waals surface area contributed by atoms with Crippen molar-refractivity contribution >= 4 is 5.69 Å². The number of nitrogens with one attached hydrogen (secondary N) is 1. The lowest BCUT2D eigenvalue weighted by molar-refractivity contribution is 0.284. The molecule has 0 aromatic heterocycles. The van der Waals surface area contributed by atoms with E-state index in [1.165, 1.54) is 5.56 Å². The highest BCUT2D eigenvalue weighted by atomic mass is 16.5. The van der Waals surface area contributed by atoms with Crippen LogP contribution in [0.15, 0.2) is 48.5 Å². The molecule has 0 saturated carbocycles. The van der Waals surface area contributed by atoms with Gasteiger partial charge in [-0.15, -0.1) is 0 Å². The summed E-state index contributed by atoms with van der Waals surface area (Å²) in [5, 5.41) is 3.38. The van der Waals surface area contributed by atoms with E-state index in [1.54, 1.807) is 0 Å². The lowest BCUT2D eigenvalue weighted by atomic mass is 10.1. The number of para-hydroxylation sites is 2. The molecule has 0 amide bonds. The predicted octanol–water partition coefficient (Wildman–Crippen LogP) is 4.14. The van der Waals surface area contributed by atoms with E-state index in [1.807, 2.05) is 31.2 Å². The highest BCUT2D eigenvalue weighted by Gasteiger charge is 2.02. The maximum Gasteiger partial charge on any atom is 0.161 e. The van der Waals surface area contributed by atoms with E-state index in [2.05, 4.69) is 36.5 Å². The smallest absolute Gasteiger partial charge is 0.161 e. The molecule has 0 unspecified atom stereocenters. The molecule has 0 aliphatic heterocycles. The molecule has 21 heavy (non-hydrogen) atoms. The van der Waals surface area contributed by atoms with Gasteiger partial charge in [-0.2, -0.15) is 0 Å². The number of hydrogen-bond donors (Lipinski definition) is 1. The average molecular weight is 285 g/mol. The average Bonchev–Trinajstić information content (AvgIpc) is 2.53. The van der Waals surface area contributed by atoms with Crippen LogP contribution in [0.1, 0.15) is 19.4 Å². The Labute approximate surface area is 126 Å². The number of benzene rings is 2. The molecular formula is C18H23NO2. The summed E-state index contributed by atoms with van der Waals surface area (Å²) in [6, 6.07) is 16.2. The zero-order valence-corrected chi connectivity index (χ0v) is 12.8. The predicted molar refractivity (Wildman–Crippen MR) is 87.4 cm³/mol. The number of rotatable bonds is 8. The van der Waals surface area contributed by atoms with E-state index >= 15 is 0 Å². The lowest BCUT2D eigenvalue weighted by Gasteiger charge is -2.12. The quantitative estimate of drug-likeness (QED) is 0.739. The molecule has 0 spiro atoms. The molecule has 3 heteroatoms. The fraction of sp³-hybridized carbons (Fsp3) is 0.333. The Hall–Kier alpha value is -2.16. The monoisotopic (exact) mass is 285 g/mol. The van der Waals surface area contributed by atoms with Crippen LogP contribution >= 0.6 is 0 Å². The van der Waals surface area contributed by atoms with Gasteiger partial charge in [-0.25, -0.2) is 0 Å². The third-order valence-electron chi connectivity index (χ3n) is 3.17. The van der Waals surface area contributed by atoms with Crippen LogP contribution in [0.4, 0.5) is 5.69 Å². The largest absolute Gasteiger partial charge is 0.490 e. The minimum atomic E-state index is 0.598. The van der Waals surface area contributed by atoms with Gasteiger partial charge >= 0.3 is 0 Å². The molecule has 0 radical (unpaired) electrons. The molecular weight excluding hydrogens is 262 g/mol. The Balaban J connectivity index is 1.81. The van der Waals surface area contributed by atoms with E-state index in [-0.39, 0.29) is 0 Å². The standard InChI is InChI=1S/C18H23NO2/c1-3-15-8-7-9-16(14-15)19-12-13-21-18-11-6-5-10-17(18)20-4-2/h5-11,14,19H,3-4,12-13H2,1-2H3. The minimum Gasteiger partial charge on any atom is -0.490 e. The maximum atomic E-state index is 5.78. The van der Waals surface area contributed by atoms with Crippen LogP contribution in [0.3, 0.4) is 0 Å². The summed E-state index contributed by atoms with van der Waals surface area (Å²) in [7, 11) is 0. The van der Waals surface area contributed by atoms with Crippen molar-refractivity contribution in [2.24, 2.45) is 0 Å². The summed E-state index contributed by atoms with van der Waals surface area (Å²) >= 11 is 0. The van der Waals surface area contributed by atoms with Gasteiger partial charge in [0.05, 0.1) is 6.61 Å². The van der Waals surface area contributed by atoms with Crippen molar-refractivity contribution in [3.8, 4) is 11.5 Å². The third-order valence-corrected chi connectivity index (χ3v) is 3.17. The molecule has 112 valence electrons. The first-order valence-electron chi connectivity index (χ1n) is 7.51. The van der Waals surface area contributed by atoms with Crippen molar-refractivity contribution in [3.63, 3.8) is 0 Å². The summed E-state index contributed by atoms with van der Waals surface area (Å²) in [4.78, 5) is 0. The number of anilines is 1. The van der Waals surface area contributed by atoms with E-state index in [0.717, 1.165) is 30.2 Å². The Bertz CT molecular complexity index is 554. The van der Waals surface area contributed by atoms with Crippen molar-refractivity contribution < 1.29 is 9.47 Å². The Morgan fingerprint density at radius 2 is 1.67 bits per heavy atom. The van der Waals surface area contributed by atoms with Gasteiger partial charge in [-0.3, -0.25) is 0 Å². The molecule has 3 nitrogen and oxygen atoms in total. The van der Waals surface area contributed by atoms with Gasteiger partial charge in [0, 0.05) is 12.2 Å². The Morgan fingerprint density at radius 1 is 0.905 bits per heavy atom. The van der Waals surface area contributed by atoms with Gasteiger partial charge in [-0.1, -0.05) is 31.2 Å². The van der Waals surface area contributed by atoms with Crippen LogP contribution in [0.25, 0.3) is 0 Å². The Morgan fingerprint density at radius 3 is 2.38 bits per heavy atom. The number of ether oxygens (including phenoxy) is 2. The molecule has 2 rings (SSSR count). The number of aryl methyl sites for hydroxylation is 1. The third kappa shape index (κ3) is 4.71. The van der Waals surface area contributed by atoms with Crippen LogP contribution in [0.2, 0.25) is 0 Å². The molecule has 0 atom stereocenters. The molecule has 0 fully saturated rings. The molecule has 0 heterocycles. The Kier molecular flexibility index (Phi) is 5.95. The van der Waals surface area contributed by atoms with Gasteiger partial charge in [0.2, 0.25) is 0 Å². The van der Waals surface area contributed by atoms with E-state index in [4.69, 9.17) is 9.47 Å².